The highest BCUT2D eigenvalue weighted by Gasteiger charge is 2.30. The summed E-state index contributed by atoms with van der Waals surface area (Å²) >= 11 is 0. The molecule has 0 aromatic carbocycles. The lowest BCUT2D eigenvalue weighted by atomic mass is 9.79. The molecule has 1 atom stereocenters. The number of hydrogen-bond donors (Lipinski definition) is 0. The van der Waals surface area contributed by atoms with Crippen LogP contribution in [0.5, 0.6) is 0 Å². The highest BCUT2D eigenvalue weighted by atomic mass is 31.0. The minimum absolute atomic E-state index is 0.0678. The molecule has 0 aromatic heterocycles. The van der Waals surface area contributed by atoms with Crippen LogP contribution in [0.15, 0.2) is 12.2 Å². The first-order valence-corrected chi connectivity index (χ1v) is 11.2. The molecule has 0 amide bonds. The Labute approximate surface area is 154 Å². The fourth-order valence-corrected chi connectivity index (χ4v) is 3.99. The minimum Gasteiger partial charge on any atom is -0.295 e. The summed E-state index contributed by atoms with van der Waals surface area (Å²) in [4.78, 5) is 11.8. The van der Waals surface area contributed by atoms with Crippen molar-refractivity contribution < 1.29 is 4.79 Å². The molecule has 0 N–H and O–H groups in total. The maximum absolute atomic E-state index is 11.8. The third-order valence-electron chi connectivity index (χ3n) is 5.54. The average molecular weight is 355 g/mol. The third kappa shape index (κ3) is 11.4. The second-order valence-corrected chi connectivity index (χ2v) is 7.86. The van der Waals surface area contributed by atoms with Crippen molar-refractivity contribution in [1.82, 2.24) is 0 Å². The van der Waals surface area contributed by atoms with Crippen LogP contribution in [0.25, 0.3) is 0 Å². The summed E-state index contributed by atoms with van der Waals surface area (Å²) < 4.78 is 0. The monoisotopic (exact) mass is 354 g/mol. The highest BCUT2D eigenvalue weighted by molar-refractivity contribution is 7.40. The largest absolute Gasteiger partial charge is 0.295 e. The molecule has 0 spiro atoms. The van der Waals surface area contributed by atoms with Gasteiger partial charge in [0.05, 0.1) is 0 Å². The molecule has 24 heavy (non-hydrogen) atoms. The van der Waals surface area contributed by atoms with Crippen molar-refractivity contribution in [3.8, 4) is 0 Å². The van der Waals surface area contributed by atoms with E-state index in [1.54, 1.807) is 0 Å². The Morgan fingerprint density at radius 2 is 1.21 bits per heavy atom. The van der Waals surface area contributed by atoms with Gasteiger partial charge in [-0.2, -0.15) is 0 Å². The van der Waals surface area contributed by atoms with Gasteiger partial charge in [0, 0.05) is 5.41 Å². The van der Waals surface area contributed by atoms with Crippen LogP contribution in [-0.4, -0.2) is 5.52 Å². The van der Waals surface area contributed by atoms with Crippen molar-refractivity contribution in [2.45, 2.75) is 117 Å². The van der Waals surface area contributed by atoms with E-state index in [-0.39, 0.29) is 5.41 Å². The summed E-state index contributed by atoms with van der Waals surface area (Å²) in [6.45, 7) is 6.58. The first kappa shape index (κ1) is 23.8. The lowest BCUT2D eigenvalue weighted by Crippen LogP contribution is -2.25. The molecule has 142 valence electrons. The number of rotatable bonds is 17. The van der Waals surface area contributed by atoms with E-state index >= 15 is 0 Å². The molecule has 0 aliphatic carbocycles. The molecule has 0 heterocycles. The van der Waals surface area contributed by atoms with E-state index in [4.69, 9.17) is 0 Å². The fourth-order valence-electron chi connectivity index (χ4n) is 3.43. The van der Waals surface area contributed by atoms with E-state index in [9.17, 15) is 4.79 Å². The Balaban J connectivity index is 3.50. The van der Waals surface area contributed by atoms with Crippen molar-refractivity contribution >= 4 is 14.8 Å². The van der Waals surface area contributed by atoms with E-state index in [0.29, 0.717) is 5.52 Å². The maximum Gasteiger partial charge on any atom is 0.154 e. The Hall–Kier alpha value is -0.160. The summed E-state index contributed by atoms with van der Waals surface area (Å²) in [6, 6.07) is 0. The van der Waals surface area contributed by atoms with Crippen LogP contribution in [0.3, 0.4) is 0 Å². The highest BCUT2D eigenvalue weighted by Crippen LogP contribution is 2.36. The van der Waals surface area contributed by atoms with Crippen LogP contribution in [0.1, 0.15) is 117 Å². The van der Waals surface area contributed by atoms with Gasteiger partial charge in [0.1, 0.15) is 0 Å². The zero-order chi connectivity index (χ0) is 18.1. The van der Waals surface area contributed by atoms with Crippen LogP contribution in [0.4, 0.5) is 0 Å². The molecule has 0 radical (unpaired) electrons. The Bertz CT molecular complexity index is 318. The van der Waals surface area contributed by atoms with Crippen molar-refractivity contribution in [1.29, 1.82) is 0 Å². The lowest BCUT2D eigenvalue weighted by molar-refractivity contribution is -0.120. The van der Waals surface area contributed by atoms with Gasteiger partial charge >= 0.3 is 0 Å². The normalized spacial score (nSPS) is 12.2. The van der Waals surface area contributed by atoms with Gasteiger partial charge in [0.25, 0.3) is 0 Å². The van der Waals surface area contributed by atoms with Crippen LogP contribution in [0, 0.1) is 5.41 Å². The molecule has 0 saturated carbocycles. The van der Waals surface area contributed by atoms with E-state index in [0.717, 1.165) is 19.3 Å². The van der Waals surface area contributed by atoms with Gasteiger partial charge in [-0.15, -0.1) is 0 Å². The molecule has 0 aromatic rings. The molecular formula is C22H43OP. The van der Waals surface area contributed by atoms with Gasteiger partial charge in [-0.3, -0.25) is 4.79 Å². The summed E-state index contributed by atoms with van der Waals surface area (Å²) in [5, 5.41) is 0. The lowest BCUT2D eigenvalue weighted by Gasteiger charge is -2.28. The first-order chi connectivity index (χ1) is 11.6. The first-order valence-electron chi connectivity index (χ1n) is 10.6. The predicted octanol–water partition coefficient (Wildman–Crippen LogP) is 7.84. The van der Waals surface area contributed by atoms with E-state index in [1.807, 2.05) is 0 Å². The molecule has 0 aliphatic heterocycles. The van der Waals surface area contributed by atoms with Gasteiger partial charge < -0.3 is 0 Å². The van der Waals surface area contributed by atoms with Crippen molar-refractivity contribution in [3.63, 3.8) is 0 Å². The number of allylic oxidation sites excluding steroid dienone is 2. The van der Waals surface area contributed by atoms with Crippen molar-refractivity contribution in [2.24, 2.45) is 5.41 Å². The second kappa shape index (κ2) is 16.3. The molecular weight excluding hydrogens is 311 g/mol. The molecule has 0 saturated heterocycles. The number of unbranched alkanes of at least 4 members (excludes halogenated alkanes) is 10. The summed E-state index contributed by atoms with van der Waals surface area (Å²) in [6.07, 6.45) is 23.7. The molecule has 1 unspecified atom stereocenters. The average Bonchev–Trinajstić information content (AvgIpc) is 2.58. The number of carbonyl (C=O) groups excluding carboxylic acids is 1. The third-order valence-corrected chi connectivity index (χ3v) is 6.16. The van der Waals surface area contributed by atoms with Crippen LogP contribution >= 0.6 is 9.24 Å². The predicted molar refractivity (Wildman–Crippen MR) is 113 cm³/mol. The Kier molecular flexibility index (Phi) is 16.2. The van der Waals surface area contributed by atoms with Gasteiger partial charge in [-0.25, -0.2) is 0 Å². The Morgan fingerprint density at radius 1 is 0.750 bits per heavy atom. The van der Waals surface area contributed by atoms with Crippen molar-refractivity contribution in [3.05, 3.63) is 12.2 Å². The smallest absolute Gasteiger partial charge is 0.154 e. The van der Waals surface area contributed by atoms with E-state index in [1.165, 1.54) is 77.0 Å². The fraction of sp³-hybridized carbons (Fsp3) is 0.864. The minimum atomic E-state index is -0.0678. The summed E-state index contributed by atoms with van der Waals surface area (Å²) in [5.74, 6) is 0. The molecule has 0 fully saturated rings. The maximum atomic E-state index is 11.8. The summed E-state index contributed by atoms with van der Waals surface area (Å²) in [5.41, 5.74) is 0.243. The van der Waals surface area contributed by atoms with E-state index in [2.05, 4.69) is 42.2 Å². The van der Waals surface area contributed by atoms with Gasteiger partial charge in [0.2, 0.25) is 0 Å². The molecule has 0 rings (SSSR count). The quantitative estimate of drug-likeness (QED) is 0.148. The molecule has 0 aliphatic rings. The summed E-state index contributed by atoms with van der Waals surface area (Å²) in [7, 11) is 2.42. The number of hydrogen-bond acceptors (Lipinski definition) is 1. The van der Waals surface area contributed by atoms with Gasteiger partial charge in [-0.1, -0.05) is 93.5 Å². The van der Waals surface area contributed by atoms with Crippen LogP contribution in [-0.2, 0) is 4.79 Å². The van der Waals surface area contributed by atoms with Crippen LogP contribution < -0.4 is 0 Å². The number of carbonyl (C=O) groups is 1. The second-order valence-electron chi connectivity index (χ2n) is 7.33. The molecule has 2 heteroatoms. The van der Waals surface area contributed by atoms with Crippen LogP contribution in [0.2, 0.25) is 0 Å². The zero-order valence-corrected chi connectivity index (χ0v) is 17.9. The molecule has 1 nitrogen and oxygen atoms in total. The van der Waals surface area contributed by atoms with Gasteiger partial charge in [-0.05, 0) is 44.9 Å². The van der Waals surface area contributed by atoms with Gasteiger partial charge in [0.15, 0.2) is 5.52 Å². The zero-order valence-electron chi connectivity index (χ0n) is 16.7. The standard InChI is InChI=1S/C22H43OP/c1-4-7-8-9-10-11-12-13-14-15-16-17-18-19-20-22(5-2,6-3)21(23)24/h13-14H,4-12,15-20,24H2,1-3H3. The SMILES string of the molecule is CCCCCCCCC=CCCCCCCC(CC)(CC)C(=O)P. The van der Waals surface area contributed by atoms with E-state index < -0.39 is 0 Å². The Morgan fingerprint density at radius 3 is 1.67 bits per heavy atom. The molecule has 0 bridgehead atoms. The topological polar surface area (TPSA) is 17.1 Å². The van der Waals surface area contributed by atoms with Crippen molar-refractivity contribution in [2.75, 3.05) is 0 Å².